The van der Waals surface area contributed by atoms with Gasteiger partial charge in [-0.3, -0.25) is 14.4 Å². The molecule has 2 unspecified atom stereocenters. The van der Waals surface area contributed by atoms with E-state index in [4.69, 9.17) is 0 Å². The van der Waals surface area contributed by atoms with Crippen molar-refractivity contribution in [1.82, 2.24) is 45.9 Å². The smallest absolute Gasteiger partial charge is 0.223 e. The number of nitrogens with zero attached hydrogens (tertiary/aromatic N) is 3. The summed E-state index contributed by atoms with van der Waals surface area (Å²) in [6.07, 6.45) is 14.6. The van der Waals surface area contributed by atoms with Crippen molar-refractivity contribution in [3.05, 3.63) is 54.7 Å². The summed E-state index contributed by atoms with van der Waals surface area (Å²) in [6.45, 7) is 5.88. The van der Waals surface area contributed by atoms with Gasteiger partial charge in [0.1, 0.15) is 23.3 Å². The third-order valence-corrected chi connectivity index (χ3v) is 6.25. The molecule has 3 aromatic rings. The molecule has 3 rings (SSSR count). The first-order valence-corrected chi connectivity index (χ1v) is 13.4. The van der Waals surface area contributed by atoms with E-state index in [9.17, 15) is 14.4 Å². The Morgan fingerprint density at radius 2 is 1.05 bits per heavy atom. The Morgan fingerprint density at radius 3 is 1.29 bits per heavy atom. The zero-order valence-corrected chi connectivity index (χ0v) is 31.4. The number of amides is 2. The van der Waals surface area contributed by atoms with Gasteiger partial charge in [0.25, 0.3) is 0 Å². The molecule has 14 heteroatoms. The van der Waals surface area contributed by atoms with Crippen LogP contribution in [0.15, 0.2) is 37.2 Å². The van der Waals surface area contributed by atoms with Crippen LogP contribution >= 0.6 is 0 Å². The summed E-state index contributed by atoms with van der Waals surface area (Å²) in [5, 5.41) is 8.28. The second kappa shape index (κ2) is 24.1. The number of nitrogens with one attached hydrogen (secondary N) is 6. The van der Waals surface area contributed by atoms with Crippen molar-refractivity contribution in [3.8, 4) is 0 Å². The summed E-state index contributed by atoms with van der Waals surface area (Å²) < 4.78 is 0. The van der Waals surface area contributed by atoms with E-state index >= 15 is 0 Å². The molecule has 3 aromatic heterocycles. The molecule has 6 N–H and O–H groups in total. The predicted octanol–water partition coefficient (Wildman–Crippen LogP) is 1.96. The summed E-state index contributed by atoms with van der Waals surface area (Å²) in [6, 6.07) is -0.115. The van der Waals surface area contributed by atoms with Crippen molar-refractivity contribution in [2.75, 3.05) is 21.1 Å². The minimum atomic E-state index is -0.115. The van der Waals surface area contributed by atoms with Gasteiger partial charge >= 0.3 is 0 Å². The average Bonchev–Trinajstić information content (AvgIpc) is 3.77. The van der Waals surface area contributed by atoms with E-state index in [2.05, 4.69) is 45.9 Å². The molecule has 3 heterocycles. The molecule has 0 aliphatic rings. The van der Waals surface area contributed by atoms with Crippen molar-refractivity contribution < 1.29 is 53.3 Å². The molecule has 3 atom stereocenters. The number of H-pyrrole nitrogens is 3. The number of aromatic amines is 3. The largest absolute Gasteiger partial charge is 0.359 e. The number of aromatic nitrogens is 6. The molecule has 0 saturated carbocycles. The number of hydrogen-bond donors (Lipinski definition) is 6. The van der Waals surface area contributed by atoms with Gasteiger partial charge in [-0.1, -0.05) is 20.8 Å². The Kier molecular flexibility index (Phi) is 23.8. The van der Waals surface area contributed by atoms with Gasteiger partial charge in [0.2, 0.25) is 11.8 Å². The molecule has 0 bridgehead atoms. The van der Waals surface area contributed by atoms with Gasteiger partial charge in [0.15, 0.2) is 0 Å². The van der Waals surface area contributed by atoms with Crippen molar-refractivity contribution in [3.63, 3.8) is 0 Å². The third-order valence-electron chi connectivity index (χ3n) is 6.25. The molecule has 220 valence electrons. The molecule has 41 heavy (non-hydrogen) atoms. The van der Waals surface area contributed by atoms with Gasteiger partial charge in [0, 0.05) is 128 Å². The van der Waals surface area contributed by atoms with Crippen LogP contribution in [-0.4, -0.2) is 74.7 Å². The normalized spacial score (nSPS) is 12.0. The third kappa shape index (κ3) is 15.9. The minimum absolute atomic E-state index is 0. The van der Waals surface area contributed by atoms with Gasteiger partial charge in [-0.05, 0) is 19.9 Å². The van der Waals surface area contributed by atoms with E-state index < -0.39 is 0 Å². The second-order valence-electron chi connectivity index (χ2n) is 8.82. The van der Waals surface area contributed by atoms with Crippen LogP contribution in [0.1, 0.15) is 57.5 Å². The molecular weight excluding hydrogens is 629 g/mol. The monoisotopic (exact) mass is 671 g/mol. The fourth-order valence-electron chi connectivity index (χ4n) is 3.77. The maximum absolute atomic E-state index is 11.4. The molecule has 0 saturated heterocycles. The predicted molar refractivity (Wildman–Crippen MR) is 151 cm³/mol. The summed E-state index contributed by atoms with van der Waals surface area (Å²) >= 11 is 0. The van der Waals surface area contributed by atoms with Gasteiger partial charge < -0.3 is 30.9 Å². The number of Topliss-reactive ketones (excluding diaryl/α,β-unsaturated/α-hetero) is 1. The van der Waals surface area contributed by atoms with Gasteiger partial charge in [0.05, 0.1) is 6.04 Å². The van der Waals surface area contributed by atoms with Gasteiger partial charge in [-0.15, -0.1) is 0 Å². The zero-order valence-electron chi connectivity index (χ0n) is 25.4. The van der Waals surface area contributed by atoms with E-state index in [1.165, 1.54) is 0 Å². The number of ketones is 1. The molecule has 0 spiro atoms. The Hall–Kier alpha value is -2.55. The molecule has 12 nitrogen and oxygen atoms in total. The van der Waals surface area contributed by atoms with Crippen LogP contribution in [-0.2, 0) is 72.6 Å². The van der Waals surface area contributed by atoms with Crippen LogP contribution in [0, 0.1) is 11.8 Å². The summed E-state index contributed by atoms with van der Waals surface area (Å²) in [5.74, 6) is 3.02. The quantitative estimate of drug-likeness (QED) is 0.151. The van der Waals surface area contributed by atoms with Gasteiger partial charge in [-0.2, -0.15) is 0 Å². The molecule has 0 aromatic carbocycles. The first kappa shape index (κ1) is 40.6. The number of carbonyl (C=O) groups excluding carboxylic acids is 3. The number of likely N-dealkylation sites (N-methyl/N-ethyl adjacent to an activating group) is 1. The molecule has 0 fully saturated rings. The summed E-state index contributed by atoms with van der Waals surface area (Å²) in [4.78, 5) is 55.2. The Balaban J connectivity index is 0. The van der Waals surface area contributed by atoms with Gasteiger partial charge in [-0.25, -0.2) is 15.0 Å². The second-order valence-corrected chi connectivity index (χ2v) is 8.82. The van der Waals surface area contributed by atoms with Crippen molar-refractivity contribution in [2.24, 2.45) is 11.8 Å². The average molecular weight is 674 g/mol. The Morgan fingerprint density at radius 1 is 0.683 bits per heavy atom. The number of carbonyl (C=O) groups is 3. The van der Waals surface area contributed by atoms with Crippen LogP contribution in [0.4, 0.5) is 0 Å². The Labute approximate surface area is 268 Å². The van der Waals surface area contributed by atoms with Crippen molar-refractivity contribution in [1.29, 1.82) is 0 Å². The zero-order chi connectivity index (χ0) is 29.0. The maximum Gasteiger partial charge on any atom is 0.223 e. The molecule has 0 radical (unpaired) electrons. The first-order valence-electron chi connectivity index (χ1n) is 13.4. The van der Waals surface area contributed by atoms with Crippen LogP contribution in [0.2, 0.25) is 0 Å². The van der Waals surface area contributed by atoms with Crippen LogP contribution < -0.4 is 16.0 Å². The van der Waals surface area contributed by atoms with Crippen molar-refractivity contribution >= 4 is 17.6 Å². The maximum atomic E-state index is 11.4. The van der Waals surface area contributed by atoms with E-state index in [1.54, 1.807) is 58.3 Å². The number of hydrogen-bond acceptors (Lipinski definition) is 7. The molecule has 0 aliphatic carbocycles. The first-order chi connectivity index (χ1) is 18.8. The molecule has 2 amide bonds. The van der Waals surface area contributed by atoms with E-state index in [-0.39, 0.29) is 74.4 Å². The molecule has 0 aliphatic heterocycles. The van der Waals surface area contributed by atoms with E-state index in [1.807, 2.05) is 20.8 Å². The van der Waals surface area contributed by atoms with Crippen LogP contribution in [0.5, 0.6) is 0 Å². The van der Waals surface area contributed by atoms with E-state index in [0.717, 1.165) is 30.3 Å². The summed E-state index contributed by atoms with van der Waals surface area (Å²) in [7, 11) is 5.11. The number of imidazole rings is 3. The number of rotatable bonds is 13. The fraction of sp³-hybridized carbons (Fsp3) is 0.556. The van der Waals surface area contributed by atoms with E-state index in [0.29, 0.717) is 25.7 Å². The van der Waals surface area contributed by atoms with Crippen molar-refractivity contribution in [2.45, 2.75) is 65.3 Å². The SMILES string of the molecule is CCC(=O)[C@H](Cc1ncc[nH]1)NC.CCC(Cc1ncc[nH]1)C(=O)NC.CCC(Cc1ncc[nH]1)C(=O)NC.[Zn].[Zn]. The van der Waals surface area contributed by atoms with Crippen LogP contribution in [0.3, 0.4) is 0 Å². The topological polar surface area (TPSA) is 173 Å². The fourth-order valence-corrected chi connectivity index (χ4v) is 3.77. The molecular formula is C27H45N9O3Zn2. The minimum Gasteiger partial charge on any atom is -0.359 e. The van der Waals surface area contributed by atoms with Crippen LogP contribution in [0.25, 0.3) is 0 Å². The standard InChI is InChI=1S/3C9H15N3O.2Zn/c1-3-8(13)7(10-2)6-9-11-4-5-12-9;2*1-3-7(9(13)10-2)6-8-11-4-5-12-8;;/h4-5,7,10H,3,6H2,1-2H3,(H,11,12);2*4-5,7H,3,6H2,1-2H3,(H,10,13)(H,11,12);;/t7-;;;;/m0..../s1. The Bertz CT molecular complexity index is 913. The summed E-state index contributed by atoms with van der Waals surface area (Å²) in [5.41, 5.74) is 0.